The van der Waals surface area contributed by atoms with Crippen molar-refractivity contribution in [2.24, 2.45) is 0 Å². The molecule has 0 spiro atoms. The molecule has 1 N–H and O–H groups in total. The number of hydrogen-bond donors (Lipinski definition) is 1. The first-order valence-electron chi connectivity index (χ1n) is 7.41. The molecule has 4 aromatic rings. The first-order valence-corrected chi connectivity index (χ1v) is 8.29. The second-order valence-corrected chi connectivity index (χ2v) is 6.09. The van der Waals surface area contributed by atoms with E-state index < -0.39 is 0 Å². The van der Waals surface area contributed by atoms with Gasteiger partial charge in [0, 0.05) is 23.5 Å². The number of methoxy groups -OCH3 is 1. The average molecular weight is 418 g/mol. The lowest BCUT2D eigenvalue weighted by Gasteiger charge is -2.04. The summed E-state index contributed by atoms with van der Waals surface area (Å²) in [6.45, 7) is 1.97. The zero-order valence-electron chi connectivity index (χ0n) is 13.6. The Bertz CT molecular complexity index is 996. The molecular formula is C17H16BrN5OS. The van der Waals surface area contributed by atoms with E-state index in [9.17, 15) is 0 Å². The number of benzene rings is 1. The van der Waals surface area contributed by atoms with Gasteiger partial charge in [-0.3, -0.25) is 4.40 Å². The Hall–Kier alpha value is -2.45. The maximum absolute atomic E-state index is 5.17. The van der Waals surface area contributed by atoms with Crippen LogP contribution >= 0.6 is 28.3 Å². The number of nitrogens with zero attached hydrogens (tertiary/aromatic N) is 4. The van der Waals surface area contributed by atoms with Gasteiger partial charge in [0.25, 0.3) is 0 Å². The third-order valence-corrected chi connectivity index (χ3v) is 4.42. The van der Waals surface area contributed by atoms with Crippen molar-refractivity contribution in [1.82, 2.24) is 19.4 Å². The molecule has 1 aromatic carbocycles. The van der Waals surface area contributed by atoms with Crippen LogP contribution in [0.15, 0.2) is 48.1 Å². The predicted molar refractivity (Wildman–Crippen MR) is 105 cm³/mol. The van der Waals surface area contributed by atoms with Crippen LogP contribution in [0.25, 0.3) is 17.2 Å². The average Bonchev–Trinajstić information content (AvgIpc) is 3.18. The highest BCUT2D eigenvalue weighted by Crippen LogP contribution is 2.29. The van der Waals surface area contributed by atoms with Crippen LogP contribution in [0.2, 0.25) is 0 Å². The van der Waals surface area contributed by atoms with Gasteiger partial charge in [0.15, 0.2) is 5.13 Å². The van der Waals surface area contributed by atoms with Crippen LogP contribution in [0.5, 0.6) is 5.75 Å². The Morgan fingerprint density at radius 3 is 2.72 bits per heavy atom. The van der Waals surface area contributed by atoms with E-state index in [-0.39, 0.29) is 17.0 Å². The molecule has 0 fully saturated rings. The summed E-state index contributed by atoms with van der Waals surface area (Å²) in [5, 5.41) is 6.16. The molecule has 0 saturated carbocycles. The molecule has 128 valence electrons. The van der Waals surface area contributed by atoms with E-state index >= 15 is 0 Å². The minimum atomic E-state index is 0. The number of thiazole rings is 1. The Kier molecular flexibility index (Phi) is 5.00. The van der Waals surface area contributed by atoms with Gasteiger partial charge < -0.3 is 10.1 Å². The van der Waals surface area contributed by atoms with Crippen LogP contribution in [0.3, 0.4) is 0 Å². The van der Waals surface area contributed by atoms with Crippen molar-refractivity contribution in [3.63, 3.8) is 0 Å². The summed E-state index contributed by atoms with van der Waals surface area (Å²) in [6, 6.07) is 9.64. The third-order valence-electron chi connectivity index (χ3n) is 3.67. The molecule has 3 heterocycles. The zero-order valence-corrected chi connectivity index (χ0v) is 16.2. The van der Waals surface area contributed by atoms with Crippen molar-refractivity contribution in [1.29, 1.82) is 0 Å². The lowest BCUT2D eigenvalue weighted by atomic mass is 10.3. The van der Waals surface area contributed by atoms with E-state index in [0.29, 0.717) is 5.78 Å². The van der Waals surface area contributed by atoms with Crippen molar-refractivity contribution in [2.45, 2.75) is 6.92 Å². The molecule has 0 aliphatic heterocycles. The van der Waals surface area contributed by atoms with Gasteiger partial charge in [-0.2, -0.15) is 0 Å². The van der Waals surface area contributed by atoms with E-state index in [1.54, 1.807) is 24.6 Å². The van der Waals surface area contributed by atoms with Crippen LogP contribution in [0.1, 0.15) is 5.69 Å². The summed E-state index contributed by atoms with van der Waals surface area (Å²) < 4.78 is 7.13. The van der Waals surface area contributed by atoms with E-state index in [2.05, 4.69) is 20.3 Å². The molecule has 0 amide bonds. The summed E-state index contributed by atoms with van der Waals surface area (Å²) in [6.07, 6.45) is 3.69. The van der Waals surface area contributed by atoms with Crippen molar-refractivity contribution in [3.05, 3.63) is 53.8 Å². The molecule has 6 nitrogen and oxygen atoms in total. The second kappa shape index (κ2) is 7.20. The number of imidazole rings is 1. The molecule has 0 bridgehead atoms. The number of aromatic nitrogens is 4. The Balaban J connectivity index is 0.00000182. The summed E-state index contributed by atoms with van der Waals surface area (Å²) in [5.74, 6) is 1.51. The molecule has 8 heteroatoms. The van der Waals surface area contributed by atoms with E-state index in [1.165, 1.54) is 0 Å². The van der Waals surface area contributed by atoms with Gasteiger partial charge in [0.1, 0.15) is 11.4 Å². The fourth-order valence-corrected chi connectivity index (χ4v) is 3.26. The summed E-state index contributed by atoms with van der Waals surface area (Å²) in [4.78, 5) is 13.5. The number of aryl methyl sites for hydroxylation is 1. The highest BCUT2D eigenvalue weighted by molar-refractivity contribution is 8.93. The van der Waals surface area contributed by atoms with Gasteiger partial charge in [-0.25, -0.2) is 15.0 Å². The monoisotopic (exact) mass is 417 g/mol. The van der Waals surface area contributed by atoms with Gasteiger partial charge >= 0.3 is 0 Å². The van der Waals surface area contributed by atoms with Crippen molar-refractivity contribution in [3.8, 4) is 17.1 Å². The van der Waals surface area contributed by atoms with Crippen LogP contribution in [0, 0.1) is 6.92 Å². The van der Waals surface area contributed by atoms with E-state index in [4.69, 9.17) is 4.74 Å². The van der Waals surface area contributed by atoms with Gasteiger partial charge in [-0.15, -0.1) is 28.3 Å². The van der Waals surface area contributed by atoms with Crippen LogP contribution in [0.4, 0.5) is 10.8 Å². The number of hydrogen-bond acceptors (Lipinski definition) is 6. The molecule has 0 aliphatic carbocycles. The number of anilines is 2. The van der Waals surface area contributed by atoms with Gasteiger partial charge in [-0.05, 0) is 37.3 Å². The molecule has 25 heavy (non-hydrogen) atoms. The van der Waals surface area contributed by atoms with Crippen molar-refractivity contribution in [2.75, 3.05) is 12.4 Å². The Morgan fingerprint density at radius 2 is 1.96 bits per heavy atom. The smallest absolute Gasteiger partial charge is 0.234 e. The number of ether oxygens (including phenoxy) is 1. The van der Waals surface area contributed by atoms with Crippen LogP contribution < -0.4 is 10.1 Å². The third kappa shape index (κ3) is 3.35. The highest BCUT2D eigenvalue weighted by atomic mass is 79.9. The van der Waals surface area contributed by atoms with Crippen molar-refractivity contribution < 1.29 is 4.74 Å². The largest absolute Gasteiger partial charge is 0.497 e. The first-order chi connectivity index (χ1) is 11.7. The summed E-state index contributed by atoms with van der Waals surface area (Å²) in [7, 11) is 1.66. The Morgan fingerprint density at radius 1 is 1.16 bits per heavy atom. The fourth-order valence-electron chi connectivity index (χ4n) is 2.54. The minimum Gasteiger partial charge on any atom is -0.497 e. The fraction of sp³-hybridized carbons (Fsp3) is 0.118. The number of nitrogens with one attached hydrogen (secondary N) is 1. The lowest BCUT2D eigenvalue weighted by molar-refractivity contribution is 0.415. The number of halogens is 1. The first kappa shape index (κ1) is 17.4. The molecule has 0 atom stereocenters. The topological polar surface area (TPSA) is 64.3 Å². The zero-order chi connectivity index (χ0) is 16.5. The van der Waals surface area contributed by atoms with Crippen LogP contribution in [-0.2, 0) is 0 Å². The SMILES string of the molecule is Br.COc1ccc(Nc2nc(-c3c(C)nc4ncccn34)cs2)cc1. The number of rotatable bonds is 4. The molecule has 0 radical (unpaired) electrons. The summed E-state index contributed by atoms with van der Waals surface area (Å²) in [5.41, 5.74) is 3.73. The predicted octanol–water partition coefficient (Wildman–Crippen LogP) is 4.49. The molecule has 3 aromatic heterocycles. The van der Waals surface area contributed by atoms with Crippen LogP contribution in [-0.4, -0.2) is 26.5 Å². The molecular weight excluding hydrogens is 402 g/mol. The quantitative estimate of drug-likeness (QED) is 0.529. The summed E-state index contributed by atoms with van der Waals surface area (Å²) >= 11 is 1.55. The molecule has 0 aliphatic rings. The number of fused-ring (bicyclic) bond motifs is 1. The molecule has 0 unspecified atom stereocenters. The van der Waals surface area contributed by atoms with Gasteiger partial charge in [0.2, 0.25) is 5.78 Å². The maximum atomic E-state index is 5.17. The van der Waals surface area contributed by atoms with Gasteiger partial charge in [0.05, 0.1) is 18.5 Å². The maximum Gasteiger partial charge on any atom is 0.234 e. The van der Waals surface area contributed by atoms with Crippen molar-refractivity contribution >= 4 is 44.9 Å². The van der Waals surface area contributed by atoms with E-state index in [0.717, 1.165) is 33.7 Å². The second-order valence-electron chi connectivity index (χ2n) is 5.23. The Labute approximate surface area is 159 Å². The standard InChI is InChI=1S/C17H15N5OS.BrH/c1-11-15(22-9-3-8-18-16(22)19-11)14-10-24-17(21-14)20-12-4-6-13(23-2)7-5-12;/h3-10H,1-2H3,(H,20,21);1H. The van der Waals surface area contributed by atoms with Gasteiger partial charge in [-0.1, -0.05) is 0 Å². The molecule has 0 saturated heterocycles. The minimum absolute atomic E-state index is 0. The molecule has 4 rings (SSSR count). The normalized spacial score (nSPS) is 10.5. The highest BCUT2D eigenvalue weighted by Gasteiger charge is 2.14. The van der Waals surface area contributed by atoms with E-state index in [1.807, 2.05) is 53.2 Å². The lowest BCUT2D eigenvalue weighted by Crippen LogP contribution is -1.92.